The number of para-hydroxylation sites is 1. The predicted octanol–water partition coefficient (Wildman–Crippen LogP) is 5.23. The fourth-order valence-electron chi connectivity index (χ4n) is 2.16. The minimum atomic E-state index is 0.553. The average molecular weight is 325 g/mol. The molecule has 1 heterocycles. The highest BCUT2D eigenvalue weighted by Gasteiger charge is 2.04. The van der Waals surface area contributed by atoms with Crippen LogP contribution in [-0.2, 0) is 0 Å². The number of aryl methyl sites for hydroxylation is 2. The van der Waals surface area contributed by atoms with E-state index in [1.807, 2.05) is 68.4 Å². The van der Waals surface area contributed by atoms with Gasteiger partial charge < -0.3 is 10.6 Å². The Kier molecular flexibility index (Phi) is 4.44. The summed E-state index contributed by atoms with van der Waals surface area (Å²) in [6, 6.07) is 17.6. The lowest BCUT2D eigenvalue weighted by Crippen LogP contribution is -2.02. The van der Waals surface area contributed by atoms with Crippen LogP contribution in [0.4, 0.5) is 23.1 Å². The molecule has 4 nitrogen and oxygen atoms in total. The first kappa shape index (κ1) is 15.3. The molecule has 0 amide bonds. The molecule has 5 heteroatoms. The summed E-state index contributed by atoms with van der Waals surface area (Å²) in [5, 5.41) is 7.19. The van der Waals surface area contributed by atoms with Crippen molar-refractivity contribution in [3.63, 3.8) is 0 Å². The maximum absolute atomic E-state index is 6.16. The van der Waals surface area contributed by atoms with Crippen LogP contribution in [0.5, 0.6) is 0 Å². The van der Waals surface area contributed by atoms with Crippen LogP contribution in [0.15, 0.2) is 54.6 Å². The number of rotatable bonds is 4. The molecule has 116 valence electrons. The van der Waals surface area contributed by atoms with Gasteiger partial charge in [0.2, 0.25) is 5.95 Å². The Balaban J connectivity index is 1.83. The van der Waals surface area contributed by atoms with Crippen LogP contribution in [0.3, 0.4) is 0 Å². The van der Waals surface area contributed by atoms with Gasteiger partial charge in [0, 0.05) is 28.2 Å². The largest absolute Gasteiger partial charge is 0.340 e. The van der Waals surface area contributed by atoms with Crippen molar-refractivity contribution in [3.8, 4) is 0 Å². The summed E-state index contributed by atoms with van der Waals surface area (Å²) in [4.78, 5) is 8.91. The Morgan fingerprint density at radius 1 is 0.826 bits per heavy atom. The van der Waals surface area contributed by atoms with Gasteiger partial charge in [-0.05, 0) is 43.7 Å². The van der Waals surface area contributed by atoms with Gasteiger partial charge in [-0.2, -0.15) is 4.98 Å². The maximum Gasteiger partial charge on any atom is 0.229 e. The fourth-order valence-corrected chi connectivity index (χ4v) is 2.34. The number of nitrogens with one attached hydrogen (secondary N) is 2. The summed E-state index contributed by atoms with van der Waals surface area (Å²) in [6.45, 7) is 3.91. The van der Waals surface area contributed by atoms with Crippen LogP contribution in [0.2, 0.25) is 5.02 Å². The van der Waals surface area contributed by atoms with Crippen LogP contribution >= 0.6 is 11.6 Å². The molecule has 0 fully saturated rings. The average Bonchev–Trinajstić information content (AvgIpc) is 2.51. The summed E-state index contributed by atoms with van der Waals surface area (Å²) >= 11 is 6.16. The Labute approximate surface area is 140 Å². The second-order valence-corrected chi connectivity index (χ2v) is 5.71. The van der Waals surface area contributed by atoms with Crippen LogP contribution in [0, 0.1) is 13.8 Å². The zero-order valence-corrected chi connectivity index (χ0v) is 13.7. The van der Waals surface area contributed by atoms with Crippen LogP contribution < -0.4 is 10.6 Å². The van der Waals surface area contributed by atoms with E-state index in [0.29, 0.717) is 5.95 Å². The SMILES string of the molecule is Cc1cc(Nc2ccc(C)c(Cl)c2)nc(Nc2ccccc2)n1. The van der Waals surface area contributed by atoms with E-state index in [4.69, 9.17) is 11.6 Å². The lowest BCUT2D eigenvalue weighted by Gasteiger charge is -2.10. The third kappa shape index (κ3) is 3.99. The highest BCUT2D eigenvalue weighted by molar-refractivity contribution is 6.31. The second-order valence-electron chi connectivity index (χ2n) is 5.30. The topological polar surface area (TPSA) is 49.8 Å². The van der Waals surface area contributed by atoms with Crippen molar-refractivity contribution in [2.75, 3.05) is 10.6 Å². The van der Waals surface area contributed by atoms with Crippen molar-refractivity contribution in [2.24, 2.45) is 0 Å². The molecule has 2 aromatic carbocycles. The van der Waals surface area contributed by atoms with E-state index < -0.39 is 0 Å². The molecule has 0 unspecified atom stereocenters. The van der Waals surface area contributed by atoms with Crippen LogP contribution in [-0.4, -0.2) is 9.97 Å². The van der Waals surface area contributed by atoms with Gasteiger partial charge >= 0.3 is 0 Å². The molecule has 0 aliphatic rings. The van der Waals surface area contributed by atoms with Gasteiger partial charge in [-0.15, -0.1) is 0 Å². The van der Waals surface area contributed by atoms with E-state index in [1.54, 1.807) is 0 Å². The lowest BCUT2D eigenvalue weighted by atomic mass is 10.2. The number of aromatic nitrogens is 2. The van der Waals surface area contributed by atoms with Gasteiger partial charge in [-0.25, -0.2) is 4.98 Å². The minimum absolute atomic E-state index is 0.553. The van der Waals surface area contributed by atoms with Crippen LogP contribution in [0.1, 0.15) is 11.3 Å². The predicted molar refractivity (Wildman–Crippen MR) is 96.0 cm³/mol. The number of hydrogen-bond acceptors (Lipinski definition) is 4. The molecule has 0 aliphatic carbocycles. The molecule has 0 bridgehead atoms. The van der Waals surface area contributed by atoms with Crippen LogP contribution in [0.25, 0.3) is 0 Å². The normalized spacial score (nSPS) is 10.4. The Morgan fingerprint density at radius 3 is 2.35 bits per heavy atom. The molecule has 1 aromatic heterocycles. The van der Waals surface area contributed by atoms with Gasteiger partial charge in [0.15, 0.2) is 0 Å². The van der Waals surface area contributed by atoms with E-state index in [-0.39, 0.29) is 0 Å². The third-order valence-corrected chi connectivity index (χ3v) is 3.74. The quantitative estimate of drug-likeness (QED) is 0.689. The molecule has 0 aliphatic heterocycles. The summed E-state index contributed by atoms with van der Waals surface area (Å²) in [7, 11) is 0. The molecule has 0 spiro atoms. The zero-order chi connectivity index (χ0) is 16.2. The standard InChI is InChI=1S/C18H17ClN4/c1-12-8-9-15(11-16(12)19)21-17-10-13(2)20-18(23-17)22-14-6-4-3-5-7-14/h3-11H,1-2H3,(H2,20,21,22,23). The molecule has 0 radical (unpaired) electrons. The molecular weight excluding hydrogens is 308 g/mol. The molecule has 3 rings (SSSR count). The zero-order valence-electron chi connectivity index (χ0n) is 13.0. The summed E-state index contributed by atoms with van der Waals surface area (Å²) in [6.07, 6.45) is 0. The molecule has 0 saturated carbocycles. The molecule has 23 heavy (non-hydrogen) atoms. The third-order valence-electron chi connectivity index (χ3n) is 3.33. The molecule has 0 saturated heterocycles. The summed E-state index contributed by atoms with van der Waals surface area (Å²) in [5.74, 6) is 1.27. The lowest BCUT2D eigenvalue weighted by molar-refractivity contribution is 1.11. The highest BCUT2D eigenvalue weighted by Crippen LogP contribution is 2.23. The Morgan fingerprint density at radius 2 is 1.61 bits per heavy atom. The van der Waals surface area contributed by atoms with E-state index in [1.165, 1.54) is 0 Å². The smallest absolute Gasteiger partial charge is 0.229 e. The van der Waals surface area contributed by atoms with E-state index in [0.717, 1.165) is 33.5 Å². The van der Waals surface area contributed by atoms with Crippen molar-refractivity contribution in [3.05, 3.63) is 70.9 Å². The highest BCUT2D eigenvalue weighted by atomic mass is 35.5. The van der Waals surface area contributed by atoms with Gasteiger partial charge in [0.05, 0.1) is 0 Å². The second kappa shape index (κ2) is 6.67. The van der Waals surface area contributed by atoms with E-state index in [9.17, 15) is 0 Å². The van der Waals surface area contributed by atoms with Gasteiger partial charge in [-0.1, -0.05) is 35.9 Å². The first-order valence-electron chi connectivity index (χ1n) is 7.31. The van der Waals surface area contributed by atoms with Crippen molar-refractivity contribution >= 4 is 34.7 Å². The van der Waals surface area contributed by atoms with E-state index in [2.05, 4.69) is 20.6 Å². The van der Waals surface area contributed by atoms with Gasteiger partial charge in [-0.3, -0.25) is 0 Å². The maximum atomic E-state index is 6.16. The monoisotopic (exact) mass is 324 g/mol. The first-order chi connectivity index (χ1) is 11.1. The van der Waals surface area contributed by atoms with Crippen molar-refractivity contribution in [1.82, 2.24) is 9.97 Å². The summed E-state index contributed by atoms with van der Waals surface area (Å²) in [5.41, 5.74) is 3.76. The molecular formula is C18H17ClN4. The van der Waals surface area contributed by atoms with Crippen molar-refractivity contribution < 1.29 is 0 Å². The van der Waals surface area contributed by atoms with Crippen molar-refractivity contribution in [2.45, 2.75) is 13.8 Å². The number of halogens is 1. The number of benzene rings is 2. The van der Waals surface area contributed by atoms with Crippen molar-refractivity contribution in [1.29, 1.82) is 0 Å². The van der Waals surface area contributed by atoms with Gasteiger partial charge in [0.25, 0.3) is 0 Å². The first-order valence-corrected chi connectivity index (χ1v) is 7.69. The van der Waals surface area contributed by atoms with E-state index >= 15 is 0 Å². The number of anilines is 4. The Bertz CT molecular complexity index is 819. The van der Waals surface area contributed by atoms with Gasteiger partial charge in [0.1, 0.15) is 5.82 Å². The molecule has 2 N–H and O–H groups in total. The molecule has 0 atom stereocenters. The molecule has 3 aromatic rings. The minimum Gasteiger partial charge on any atom is -0.340 e. The Hall–Kier alpha value is -2.59. The summed E-state index contributed by atoms with van der Waals surface area (Å²) < 4.78 is 0. The fraction of sp³-hybridized carbons (Fsp3) is 0.111. The number of hydrogen-bond donors (Lipinski definition) is 2. The number of nitrogens with zero attached hydrogens (tertiary/aromatic N) is 2.